The molecule has 1 fully saturated rings. The number of nitrogens with zero attached hydrogens (tertiary/aromatic N) is 2. The van der Waals surface area contributed by atoms with Crippen molar-refractivity contribution in [3.05, 3.63) is 35.9 Å². The summed E-state index contributed by atoms with van der Waals surface area (Å²) in [6, 6.07) is 9.77. The molecule has 1 aliphatic heterocycles. The van der Waals surface area contributed by atoms with Crippen LogP contribution in [0.5, 0.6) is 0 Å². The third kappa shape index (κ3) is 6.84. The molecule has 6 nitrogen and oxygen atoms in total. The van der Waals surface area contributed by atoms with Gasteiger partial charge in [0.25, 0.3) is 0 Å². The average molecular weight is 383 g/mol. The number of benzene rings is 1. The van der Waals surface area contributed by atoms with Crippen LogP contribution in [-0.4, -0.2) is 54.5 Å². The lowest BCUT2D eigenvalue weighted by molar-refractivity contribution is -0.132. The monoisotopic (exact) mass is 382 g/mol. The minimum Gasteiger partial charge on any atom is -0.342 e. The van der Waals surface area contributed by atoms with Crippen molar-refractivity contribution >= 4 is 24.3 Å². The number of hydrogen-bond acceptors (Lipinski definition) is 3. The highest BCUT2D eigenvalue weighted by molar-refractivity contribution is 5.85. The number of rotatable bonds is 6. The molecule has 1 aromatic rings. The van der Waals surface area contributed by atoms with Crippen molar-refractivity contribution in [1.82, 2.24) is 15.1 Å². The Morgan fingerprint density at radius 3 is 2.69 bits per heavy atom. The molecule has 0 spiro atoms. The third-order valence-corrected chi connectivity index (χ3v) is 4.78. The first-order valence-corrected chi connectivity index (χ1v) is 9.03. The van der Waals surface area contributed by atoms with E-state index in [0.717, 1.165) is 31.5 Å². The van der Waals surface area contributed by atoms with Gasteiger partial charge in [-0.1, -0.05) is 30.3 Å². The molecule has 1 aromatic carbocycles. The van der Waals surface area contributed by atoms with Crippen LogP contribution in [0.15, 0.2) is 30.3 Å². The van der Waals surface area contributed by atoms with E-state index in [4.69, 9.17) is 5.73 Å². The zero-order valence-corrected chi connectivity index (χ0v) is 16.5. The molecule has 7 heteroatoms. The summed E-state index contributed by atoms with van der Waals surface area (Å²) in [5.41, 5.74) is 7.04. The van der Waals surface area contributed by atoms with Gasteiger partial charge >= 0.3 is 6.03 Å². The van der Waals surface area contributed by atoms with Crippen LogP contribution in [0.4, 0.5) is 4.79 Å². The number of urea groups is 1. The van der Waals surface area contributed by atoms with Crippen LogP contribution >= 0.6 is 12.4 Å². The zero-order chi connectivity index (χ0) is 18.2. The van der Waals surface area contributed by atoms with Crippen LogP contribution in [0.3, 0.4) is 0 Å². The zero-order valence-electron chi connectivity index (χ0n) is 15.7. The molecule has 1 heterocycles. The van der Waals surface area contributed by atoms with E-state index >= 15 is 0 Å². The van der Waals surface area contributed by atoms with E-state index in [-0.39, 0.29) is 30.4 Å². The van der Waals surface area contributed by atoms with Crippen molar-refractivity contribution in [2.75, 3.05) is 26.7 Å². The van der Waals surface area contributed by atoms with Crippen molar-refractivity contribution in [2.24, 2.45) is 11.7 Å². The van der Waals surface area contributed by atoms with Gasteiger partial charge < -0.3 is 20.9 Å². The number of carbonyl (C=O) groups is 2. The molecule has 2 atom stereocenters. The van der Waals surface area contributed by atoms with Crippen molar-refractivity contribution in [3.8, 4) is 0 Å². The molecule has 1 saturated heterocycles. The van der Waals surface area contributed by atoms with Gasteiger partial charge in [-0.3, -0.25) is 4.79 Å². The van der Waals surface area contributed by atoms with Crippen molar-refractivity contribution in [3.63, 3.8) is 0 Å². The molecule has 0 aromatic heterocycles. The molecule has 0 saturated carbocycles. The Morgan fingerprint density at radius 1 is 1.35 bits per heavy atom. The molecular weight excluding hydrogens is 352 g/mol. The fraction of sp³-hybridized carbons (Fsp3) is 0.579. The van der Waals surface area contributed by atoms with Gasteiger partial charge in [0.1, 0.15) is 0 Å². The minimum atomic E-state index is -0.163. The van der Waals surface area contributed by atoms with E-state index in [2.05, 4.69) is 5.32 Å². The van der Waals surface area contributed by atoms with Gasteiger partial charge in [0.05, 0.1) is 0 Å². The Hall–Kier alpha value is -1.79. The molecule has 3 N–H and O–H groups in total. The molecule has 26 heavy (non-hydrogen) atoms. The number of nitrogens with two attached hydrogens (primary N) is 1. The number of halogens is 1. The summed E-state index contributed by atoms with van der Waals surface area (Å²) in [5, 5.41) is 2.82. The van der Waals surface area contributed by atoms with Crippen molar-refractivity contribution < 1.29 is 9.59 Å². The number of amides is 3. The maximum absolute atomic E-state index is 12.3. The fourth-order valence-electron chi connectivity index (χ4n) is 3.16. The maximum atomic E-state index is 12.3. The largest absolute Gasteiger partial charge is 0.342 e. The second-order valence-electron chi connectivity index (χ2n) is 6.92. The SMILES string of the molecule is CC(N)C1CCCN(C(=O)CCNC(=O)N(C)Cc2ccccc2)C1.Cl. The molecule has 0 radical (unpaired) electrons. The molecule has 146 valence electrons. The van der Waals surface area contributed by atoms with Crippen molar-refractivity contribution in [2.45, 2.75) is 38.8 Å². The smallest absolute Gasteiger partial charge is 0.317 e. The van der Waals surface area contributed by atoms with Crippen LogP contribution in [0, 0.1) is 5.92 Å². The Bertz CT molecular complexity index is 568. The van der Waals surface area contributed by atoms with Gasteiger partial charge in [-0.15, -0.1) is 12.4 Å². The van der Waals surface area contributed by atoms with Gasteiger partial charge in [-0.2, -0.15) is 0 Å². The van der Waals surface area contributed by atoms with Gasteiger partial charge in [0, 0.05) is 45.7 Å². The van der Waals surface area contributed by atoms with Crippen LogP contribution < -0.4 is 11.1 Å². The summed E-state index contributed by atoms with van der Waals surface area (Å²) in [5.74, 6) is 0.473. The molecule has 0 bridgehead atoms. The summed E-state index contributed by atoms with van der Waals surface area (Å²) in [4.78, 5) is 28.0. The molecule has 3 amide bonds. The second-order valence-corrected chi connectivity index (χ2v) is 6.92. The van der Waals surface area contributed by atoms with E-state index in [1.165, 1.54) is 0 Å². The predicted octanol–water partition coefficient (Wildman–Crippen LogP) is 2.23. The highest BCUT2D eigenvalue weighted by Gasteiger charge is 2.25. The second kappa shape index (κ2) is 11.0. The first-order valence-electron chi connectivity index (χ1n) is 9.03. The number of nitrogens with one attached hydrogen (secondary N) is 1. The number of piperidine rings is 1. The lowest BCUT2D eigenvalue weighted by atomic mass is 9.92. The lowest BCUT2D eigenvalue weighted by Gasteiger charge is -2.34. The lowest BCUT2D eigenvalue weighted by Crippen LogP contribution is -2.46. The van der Waals surface area contributed by atoms with E-state index in [0.29, 0.717) is 25.4 Å². The van der Waals surface area contributed by atoms with Gasteiger partial charge in [-0.05, 0) is 31.2 Å². The van der Waals surface area contributed by atoms with Gasteiger partial charge in [0.15, 0.2) is 0 Å². The van der Waals surface area contributed by atoms with E-state index in [1.54, 1.807) is 11.9 Å². The van der Waals surface area contributed by atoms with Gasteiger partial charge in [-0.25, -0.2) is 4.79 Å². The Balaban J connectivity index is 0.00000338. The van der Waals surface area contributed by atoms with E-state index in [9.17, 15) is 9.59 Å². The Labute approximate surface area is 162 Å². The molecular formula is C19H31ClN4O2. The quantitative estimate of drug-likeness (QED) is 0.791. The summed E-state index contributed by atoms with van der Waals surface area (Å²) in [6.07, 6.45) is 2.42. The normalized spacial score (nSPS) is 17.8. The van der Waals surface area contributed by atoms with Crippen LogP contribution in [0.25, 0.3) is 0 Å². The highest BCUT2D eigenvalue weighted by atomic mass is 35.5. The predicted molar refractivity (Wildman–Crippen MR) is 106 cm³/mol. The fourth-order valence-corrected chi connectivity index (χ4v) is 3.16. The third-order valence-electron chi connectivity index (χ3n) is 4.78. The summed E-state index contributed by atoms with van der Waals surface area (Å²) in [6.45, 7) is 4.43. The topological polar surface area (TPSA) is 78.7 Å². The van der Waals surface area contributed by atoms with E-state index < -0.39 is 0 Å². The average Bonchev–Trinajstić information content (AvgIpc) is 2.62. The number of hydrogen-bond donors (Lipinski definition) is 2. The van der Waals surface area contributed by atoms with Crippen LogP contribution in [0.1, 0.15) is 31.7 Å². The summed E-state index contributed by atoms with van der Waals surface area (Å²) < 4.78 is 0. The molecule has 2 unspecified atom stereocenters. The van der Waals surface area contributed by atoms with E-state index in [1.807, 2.05) is 42.2 Å². The first kappa shape index (κ1) is 22.3. The van der Waals surface area contributed by atoms with Crippen molar-refractivity contribution in [1.29, 1.82) is 0 Å². The maximum Gasteiger partial charge on any atom is 0.317 e. The Kier molecular flexibility index (Phi) is 9.44. The summed E-state index contributed by atoms with van der Waals surface area (Å²) >= 11 is 0. The molecule has 2 rings (SSSR count). The minimum absolute atomic E-state index is 0. The first-order chi connectivity index (χ1) is 12.0. The highest BCUT2D eigenvalue weighted by Crippen LogP contribution is 2.19. The summed E-state index contributed by atoms with van der Waals surface area (Å²) in [7, 11) is 1.75. The number of likely N-dealkylation sites (tertiary alicyclic amines) is 1. The number of carbonyl (C=O) groups excluding carboxylic acids is 2. The molecule has 0 aliphatic carbocycles. The van der Waals surface area contributed by atoms with Crippen LogP contribution in [0.2, 0.25) is 0 Å². The van der Waals surface area contributed by atoms with Crippen LogP contribution in [-0.2, 0) is 11.3 Å². The van der Waals surface area contributed by atoms with Gasteiger partial charge in [0.2, 0.25) is 5.91 Å². The standard InChI is InChI=1S/C19H30N4O2.ClH/c1-15(20)17-9-6-12-23(14-17)18(24)10-11-21-19(25)22(2)13-16-7-4-3-5-8-16;/h3-5,7-8,15,17H,6,9-14,20H2,1-2H3,(H,21,25);1H. The Morgan fingerprint density at radius 2 is 2.04 bits per heavy atom. The molecule has 1 aliphatic rings.